The highest BCUT2D eigenvalue weighted by Crippen LogP contribution is 2.20. The number of halogens is 1. The predicted molar refractivity (Wildman–Crippen MR) is 93.1 cm³/mol. The van der Waals surface area contributed by atoms with Crippen molar-refractivity contribution in [3.63, 3.8) is 0 Å². The molecular formula is C18H18ClN3O. The van der Waals surface area contributed by atoms with Crippen molar-refractivity contribution in [2.45, 2.75) is 26.7 Å². The molecule has 0 atom stereocenters. The Bertz CT molecular complexity index is 870. The zero-order valence-corrected chi connectivity index (χ0v) is 13.9. The average Bonchev–Trinajstić information content (AvgIpc) is 2.84. The molecule has 0 spiro atoms. The number of imidazole rings is 1. The van der Waals surface area contributed by atoms with Gasteiger partial charge in [0.05, 0.1) is 5.69 Å². The minimum Gasteiger partial charge on any atom is -0.326 e. The predicted octanol–water partition coefficient (Wildman–Crippen LogP) is 4.18. The highest BCUT2D eigenvalue weighted by Gasteiger charge is 2.11. The quantitative estimate of drug-likeness (QED) is 0.781. The third kappa shape index (κ3) is 3.37. The van der Waals surface area contributed by atoms with Crippen LogP contribution in [0.25, 0.3) is 5.65 Å². The van der Waals surface area contributed by atoms with Gasteiger partial charge in [-0.1, -0.05) is 23.7 Å². The van der Waals surface area contributed by atoms with E-state index in [1.54, 1.807) is 6.07 Å². The van der Waals surface area contributed by atoms with Gasteiger partial charge in [0.1, 0.15) is 5.65 Å². The van der Waals surface area contributed by atoms with Gasteiger partial charge in [-0.2, -0.15) is 0 Å². The third-order valence-corrected chi connectivity index (χ3v) is 4.28. The molecule has 0 bridgehead atoms. The van der Waals surface area contributed by atoms with Crippen LogP contribution in [0.3, 0.4) is 0 Å². The van der Waals surface area contributed by atoms with Crippen molar-refractivity contribution in [2.75, 3.05) is 5.32 Å². The summed E-state index contributed by atoms with van der Waals surface area (Å²) in [5.41, 5.74) is 4.65. The molecule has 0 aliphatic heterocycles. The standard InChI is InChI=1S/C18H18ClN3O/c1-12-6-7-14(11-15(12)19)21-18(23)9-8-16-13(2)20-17-5-3-4-10-22(16)17/h3-7,10-11H,8-9H2,1-2H3,(H,21,23). The molecule has 23 heavy (non-hydrogen) atoms. The maximum Gasteiger partial charge on any atom is 0.224 e. The molecule has 118 valence electrons. The van der Waals surface area contributed by atoms with E-state index in [1.807, 2.05) is 54.8 Å². The van der Waals surface area contributed by atoms with Crippen LogP contribution in [0.1, 0.15) is 23.4 Å². The van der Waals surface area contributed by atoms with Gasteiger partial charge in [-0.05, 0) is 50.1 Å². The summed E-state index contributed by atoms with van der Waals surface area (Å²) >= 11 is 6.08. The zero-order chi connectivity index (χ0) is 16.4. The lowest BCUT2D eigenvalue weighted by Crippen LogP contribution is -2.13. The molecule has 1 amide bonds. The molecule has 0 aliphatic rings. The monoisotopic (exact) mass is 327 g/mol. The van der Waals surface area contributed by atoms with E-state index in [9.17, 15) is 4.79 Å². The van der Waals surface area contributed by atoms with E-state index in [0.717, 1.165) is 28.3 Å². The van der Waals surface area contributed by atoms with Crippen molar-refractivity contribution in [2.24, 2.45) is 0 Å². The number of amides is 1. The van der Waals surface area contributed by atoms with E-state index in [0.29, 0.717) is 17.9 Å². The maximum atomic E-state index is 12.2. The molecule has 0 saturated heterocycles. The van der Waals surface area contributed by atoms with Gasteiger partial charge < -0.3 is 9.72 Å². The van der Waals surface area contributed by atoms with Crippen LogP contribution in [-0.4, -0.2) is 15.3 Å². The van der Waals surface area contributed by atoms with E-state index in [4.69, 9.17) is 11.6 Å². The molecule has 0 unspecified atom stereocenters. The molecule has 3 aromatic rings. The second-order valence-corrected chi connectivity index (χ2v) is 5.99. The molecule has 0 fully saturated rings. The molecule has 0 radical (unpaired) electrons. The van der Waals surface area contributed by atoms with Gasteiger partial charge >= 0.3 is 0 Å². The lowest BCUT2D eigenvalue weighted by molar-refractivity contribution is -0.116. The van der Waals surface area contributed by atoms with Crippen molar-refractivity contribution in [1.29, 1.82) is 0 Å². The minimum atomic E-state index is -0.0322. The lowest BCUT2D eigenvalue weighted by Gasteiger charge is -2.07. The number of carbonyl (C=O) groups is 1. The number of aromatic nitrogens is 2. The first kappa shape index (κ1) is 15.6. The number of nitrogens with zero attached hydrogens (tertiary/aromatic N) is 2. The molecule has 2 aromatic heterocycles. The Kier molecular flexibility index (Phi) is 4.35. The Morgan fingerprint density at radius 1 is 1.26 bits per heavy atom. The van der Waals surface area contributed by atoms with Crippen molar-refractivity contribution >= 4 is 28.8 Å². The first-order chi connectivity index (χ1) is 11.0. The summed E-state index contributed by atoms with van der Waals surface area (Å²) in [6.45, 7) is 3.90. The zero-order valence-electron chi connectivity index (χ0n) is 13.1. The average molecular weight is 328 g/mol. The largest absolute Gasteiger partial charge is 0.326 e. The Balaban J connectivity index is 1.68. The summed E-state index contributed by atoms with van der Waals surface area (Å²) in [6, 6.07) is 11.4. The van der Waals surface area contributed by atoms with Crippen LogP contribution >= 0.6 is 11.6 Å². The van der Waals surface area contributed by atoms with Gasteiger partial charge in [-0.15, -0.1) is 0 Å². The summed E-state index contributed by atoms with van der Waals surface area (Å²) in [5, 5.41) is 3.54. The molecule has 5 heteroatoms. The van der Waals surface area contributed by atoms with E-state index in [2.05, 4.69) is 10.3 Å². The summed E-state index contributed by atoms with van der Waals surface area (Å²) < 4.78 is 2.03. The Morgan fingerprint density at radius 3 is 2.87 bits per heavy atom. The van der Waals surface area contributed by atoms with Crippen LogP contribution in [-0.2, 0) is 11.2 Å². The van der Waals surface area contributed by atoms with Gasteiger partial charge in [0, 0.05) is 29.0 Å². The van der Waals surface area contributed by atoms with Gasteiger partial charge in [0.25, 0.3) is 0 Å². The first-order valence-corrected chi connectivity index (χ1v) is 7.91. The highest BCUT2D eigenvalue weighted by molar-refractivity contribution is 6.31. The summed E-state index contributed by atoms with van der Waals surface area (Å²) in [4.78, 5) is 16.7. The van der Waals surface area contributed by atoms with Crippen molar-refractivity contribution < 1.29 is 4.79 Å². The Labute approximate surface area is 140 Å². The number of anilines is 1. The van der Waals surface area contributed by atoms with Gasteiger partial charge in [-0.3, -0.25) is 4.79 Å². The van der Waals surface area contributed by atoms with Crippen molar-refractivity contribution in [3.8, 4) is 0 Å². The van der Waals surface area contributed by atoms with Crippen LogP contribution in [0, 0.1) is 13.8 Å². The molecule has 1 aromatic carbocycles. The lowest BCUT2D eigenvalue weighted by atomic mass is 10.2. The second kappa shape index (κ2) is 6.42. The Morgan fingerprint density at radius 2 is 2.09 bits per heavy atom. The number of carbonyl (C=O) groups excluding carboxylic acids is 1. The fraction of sp³-hybridized carbons (Fsp3) is 0.222. The molecule has 2 heterocycles. The molecule has 3 rings (SSSR count). The normalized spacial score (nSPS) is 10.9. The van der Waals surface area contributed by atoms with Crippen LogP contribution in [0.4, 0.5) is 5.69 Å². The van der Waals surface area contributed by atoms with Crippen molar-refractivity contribution in [1.82, 2.24) is 9.38 Å². The molecule has 1 N–H and O–H groups in total. The van der Waals surface area contributed by atoms with Gasteiger partial charge in [0.15, 0.2) is 0 Å². The first-order valence-electron chi connectivity index (χ1n) is 7.53. The summed E-state index contributed by atoms with van der Waals surface area (Å²) in [7, 11) is 0. The second-order valence-electron chi connectivity index (χ2n) is 5.58. The molecule has 4 nitrogen and oxygen atoms in total. The van der Waals surface area contributed by atoms with Gasteiger partial charge in [0.2, 0.25) is 5.91 Å². The van der Waals surface area contributed by atoms with Gasteiger partial charge in [-0.25, -0.2) is 4.98 Å². The topological polar surface area (TPSA) is 46.4 Å². The Hall–Kier alpha value is -2.33. The van der Waals surface area contributed by atoms with Crippen LogP contribution in [0.15, 0.2) is 42.6 Å². The SMILES string of the molecule is Cc1ccc(NC(=O)CCc2c(C)nc3ccccn23)cc1Cl. The number of pyridine rings is 1. The number of hydrogen-bond donors (Lipinski definition) is 1. The van der Waals surface area contributed by atoms with Crippen LogP contribution in [0.5, 0.6) is 0 Å². The molecule has 0 saturated carbocycles. The van der Waals surface area contributed by atoms with E-state index in [1.165, 1.54) is 0 Å². The van der Waals surface area contributed by atoms with Crippen molar-refractivity contribution in [3.05, 3.63) is 64.6 Å². The fourth-order valence-electron chi connectivity index (χ4n) is 2.59. The van der Waals surface area contributed by atoms with E-state index >= 15 is 0 Å². The van der Waals surface area contributed by atoms with Crippen LogP contribution in [0.2, 0.25) is 5.02 Å². The van der Waals surface area contributed by atoms with Crippen LogP contribution < -0.4 is 5.32 Å². The summed E-state index contributed by atoms with van der Waals surface area (Å²) in [5.74, 6) is -0.0322. The number of aryl methyl sites for hydroxylation is 3. The number of fused-ring (bicyclic) bond motifs is 1. The van der Waals surface area contributed by atoms with E-state index in [-0.39, 0.29) is 5.91 Å². The molecular weight excluding hydrogens is 310 g/mol. The minimum absolute atomic E-state index is 0.0322. The number of nitrogens with one attached hydrogen (secondary N) is 1. The highest BCUT2D eigenvalue weighted by atomic mass is 35.5. The molecule has 0 aliphatic carbocycles. The fourth-order valence-corrected chi connectivity index (χ4v) is 2.77. The number of hydrogen-bond acceptors (Lipinski definition) is 2. The maximum absolute atomic E-state index is 12.2. The number of benzene rings is 1. The number of rotatable bonds is 4. The summed E-state index contributed by atoms with van der Waals surface area (Å²) in [6.07, 6.45) is 3.01. The van der Waals surface area contributed by atoms with E-state index < -0.39 is 0 Å². The third-order valence-electron chi connectivity index (χ3n) is 3.87. The smallest absolute Gasteiger partial charge is 0.224 e.